The minimum absolute atomic E-state index is 0.160. The topological polar surface area (TPSA) is 97.5 Å². The average Bonchev–Trinajstić information content (AvgIpc) is 2.82. The Morgan fingerprint density at radius 1 is 1.32 bits per heavy atom. The van der Waals surface area contributed by atoms with Gasteiger partial charge < -0.3 is 19.7 Å². The third-order valence-corrected chi connectivity index (χ3v) is 2.87. The number of aliphatic hydroxyl groups excluding tert-OH is 1. The number of amides is 1. The van der Waals surface area contributed by atoms with Crippen molar-refractivity contribution in [2.24, 2.45) is 0 Å². The van der Waals surface area contributed by atoms with Crippen LogP contribution in [0, 0.1) is 0 Å². The molecular weight excluding hydrogens is 286 g/mol. The van der Waals surface area contributed by atoms with E-state index in [1.54, 1.807) is 20.8 Å². The Kier molecular flexibility index (Phi) is 5.56. The summed E-state index contributed by atoms with van der Waals surface area (Å²) < 4.78 is 10.4. The maximum absolute atomic E-state index is 11.8. The molecule has 0 aromatic carbocycles. The van der Waals surface area contributed by atoms with Crippen LogP contribution in [0.4, 0.5) is 4.79 Å². The van der Waals surface area contributed by atoms with E-state index in [0.29, 0.717) is 12.3 Å². The molecule has 0 bridgehead atoms. The predicted molar refractivity (Wildman–Crippen MR) is 81.4 cm³/mol. The molecule has 0 aliphatic carbocycles. The molecule has 1 rings (SSSR count). The lowest BCUT2D eigenvalue weighted by atomic mass is 9.97. The number of carbonyl (C=O) groups is 1. The van der Waals surface area contributed by atoms with Crippen LogP contribution in [-0.4, -0.2) is 33.0 Å². The number of nitrogens with zero attached hydrogens (tertiary/aromatic N) is 2. The summed E-state index contributed by atoms with van der Waals surface area (Å²) in [6.45, 7) is 13.0. The zero-order chi connectivity index (χ0) is 17.1. The number of aliphatic hydroxyl groups is 1. The fourth-order valence-corrected chi connectivity index (χ4v) is 1.70. The van der Waals surface area contributed by atoms with Crippen molar-refractivity contribution < 1.29 is 19.2 Å². The van der Waals surface area contributed by atoms with Crippen LogP contribution in [-0.2, 0) is 10.2 Å². The maximum atomic E-state index is 11.8. The normalized spacial score (nSPS) is 15.3. The Balaban J connectivity index is 2.78. The molecule has 0 saturated carbocycles. The lowest BCUT2D eigenvalue weighted by Crippen LogP contribution is -2.42. The van der Waals surface area contributed by atoms with Gasteiger partial charge in [-0.15, -0.1) is 0 Å². The lowest BCUT2D eigenvalue weighted by Gasteiger charge is -2.24. The molecule has 7 heteroatoms. The molecule has 126 valence electrons. The standard InChI is InChI=1S/C15H27N3O4/c1-8-9(16-13(20)21-15(5,6)7)10(19)11-17-12(22-18-11)14(2,3)4/h9-10,19H,8H2,1-7H3,(H,16,20)/t9?,10-/m0/s1. The number of ether oxygens (including phenoxy) is 1. The number of alkyl carbamates (subject to hydrolysis) is 1. The van der Waals surface area contributed by atoms with Crippen molar-refractivity contribution in [2.45, 2.75) is 78.0 Å². The van der Waals surface area contributed by atoms with Gasteiger partial charge in [0.15, 0.2) is 0 Å². The van der Waals surface area contributed by atoms with Crippen molar-refractivity contribution in [3.05, 3.63) is 11.7 Å². The van der Waals surface area contributed by atoms with E-state index in [0.717, 1.165) is 0 Å². The molecule has 1 unspecified atom stereocenters. The smallest absolute Gasteiger partial charge is 0.407 e. The zero-order valence-electron chi connectivity index (χ0n) is 14.4. The van der Waals surface area contributed by atoms with E-state index < -0.39 is 23.8 Å². The second kappa shape index (κ2) is 6.64. The first-order valence-corrected chi connectivity index (χ1v) is 7.45. The monoisotopic (exact) mass is 313 g/mol. The van der Waals surface area contributed by atoms with E-state index in [-0.39, 0.29) is 11.2 Å². The molecule has 22 heavy (non-hydrogen) atoms. The Hall–Kier alpha value is -1.63. The van der Waals surface area contributed by atoms with Crippen LogP contribution >= 0.6 is 0 Å². The van der Waals surface area contributed by atoms with Gasteiger partial charge in [0.05, 0.1) is 6.04 Å². The fourth-order valence-electron chi connectivity index (χ4n) is 1.70. The molecule has 2 N–H and O–H groups in total. The molecule has 1 heterocycles. The number of carbonyl (C=O) groups excluding carboxylic acids is 1. The minimum atomic E-state index is -1.06. The van der Waals surface area contributed by atoms with Gasteiger partial charge >= 0.3 is 6.09 Å². The van der Waals surface area contributed by atoms with Crippen LogP contribution in [0.3, 0.4) is 0 Å². The molecule has 0 aliphatic rings. The van der Waals surface area contributed by atoms with Gasteiger partial charge in [-0.1, -0.05) is 32.9 Å². The summed E-state index contributed by atoms with van der Waals surface area (Å²) in [4.78, 5) is 16.0. The molecule has 2 atom stereocenters. The van der Waals surface area contributed by atoms with Crippen molar-refractivity contribution in [3.8, 4) is 0 Å². The van der Waals surface area contributed by atoms with Crippen molar-refractivity contribution in [1.29, 1.82) is 0 Å². The minimum Gasteiger partial charge on any atom is -0.444 e. The second-order valence-corrected chi connectivity index (χ2v) is 7.31. The van der Waals surface area contributed by atoms with Crippen molar-refractivity contribution in [1.82, 2.24) is 15.5 Å². The summed E-state index contributed by atoms with van der Waals surface area (Å²) in [5.41, 5.74) is -0.899. The molecule has 1 aromatic heterocycles. The third-order valence-electron chi connectivity index (χ3n) is 2.87. The summed E-state index contributed by atoms with van der Waals surface area (Å²) in [7, 11) is 0. The lowest BCUT2D eigenvalue weighted by molar-refractivity contribution is 0.0406. The van der Waals surface area contributed by atoms with Gasteiger partial charge in [0, 0.05) is 5.41 Å². The Morgan fingerprint density at radius 2 is 1.91 bits per heavy atom. The third kappa shape index (κ3) is 5.29. The molecule has 0 saturated heterocycles. The summed E-state index contributed by atoms with van der Waals surface area (Å²) in [6.07, 6.45) is -1.14. The van der Waals surface area contributed by atoms with E-state index in [1.165, 1.54) is 0 Å². The van der Waals surface area contributed by atoms with Crippen LogP contribution in [0.15, 0.2) is 4.52 Å². The highest BCUT2D eigenvalue weighted by atomic mass is 16.6. The van der Waals surface area contributed by atoms with Crippen LogP contribution in [0.25, 0.3) is 0 Å². The van der Waals surface area contributed by atoms with Gasteiger partial charge in [-0.25, -0.2) is 4.79 Å². The highest BCUT2D eigenvalue weighted by Gasteiger charge is 2.30. The molecule has 1 amide bonds. The molecule has 0 spiro atoms. The molecule has 0 aliphatic heterocycles. The molecule has 1 aromatic rings. The quantitative estimate of drug-likeness (QED) is 0.887. The van der Waals surface area contributed by atoms with E-state index in [2.05, 4.69) is 15.5 Å². The van der Waals surface area contributed by atoms with Crippen molar-refractivity contribution >= 4 is 6.09 Å². The summed E-state index contributed by atoms with van der Waals surface area (Å²) >= 11 is 0. The SMILES string of the molecule is CCC(NC(=O)OC(C)(C)C)[C@H](O)c1noc(C(C)(C)C)n1. The van der Waals surface area contributed by atoms with Gasteiger partial charge in [0.1, 0.15) is 11.7 Å². The second-order valence-electron chi connectivity index (χ2n) is 7.31. The first-order chi connectivity index (χ1) is 9.94. The Bertz CT molecular complexity index is 500. The Morgan fingerprint density at radius 3 is 2.32 bits per heavy atom. The highest BCUT2D eigenvalue weighted by Crippen LogP contribution is 2.23. The van der Waals surface area contributed by atoms with Crippen LogP contribution in [0.1, 0.15) is 72.7 Å². The van der Waals surface area contributed by atoms with Crippen LogP contribution in [0.5, 0.6) is 0 Å². The number of rotatable bonds is 4. The first kappa shape index (κ1) is 18.4. The molecule has 0 fully saturated rings. The summed E-state index contributed by atoms with van der Waals surface area (Å²) in [5.74, 6) is 0.599. The van der Waals surface area contributed by atoms with Gasteiger partial charge in [0.2, 0.25) is 11.7 Å². The molecular formula is C15H27N3O4. The van der Waals surface area contributed by atoms with Crippen molar-refractivity contribution in [3.63, 3.8) is 0 Å². The number of aromatic nitrogens is 2. The fraction of sp³-hybridized carbons (Fsp3) is 0.800. The van der Waals surface area contributed by atoms with Gasteiger partial charge in [-0.05, 0) is 27.2 Å². The average molecular weight is 313 g/mol. The maximum Gasteiger partial charge on any atom is 0.407 e. The largest absolute Gasteiger partial charge is 0.444 e. The van der Waals surface area contributed by atoms with Crippen LogP contribution < -0.4 is 5.32 Å². The summed E-state index contributed by atoms with van der Waals surface area (Å²) in [5, 5.41) is 16.8. The number of nitrogens with one attached hydrogen (secondary N) is 1. The number of hydrogen-bond acceptors (Lipinski definition) is 6. The zero-order valence-corrected chi connectivity index (χ0v) is 14.4. The number of hydrogen-bond donors (Lipinski definition) is 2. The van der Waals surface area contributed by atoms with E-state index in [4.69, 9.17) is 9.26 Å². The van der Waals surface area contributed by atoms with E-state index >= 15 is 0 Å². The van der Waals surface area contributed by atoms with Gasteiger partial charge in [-0.3, -0.25) is 0 Å². The predicted octanol–water partition coefficient (Wildman–Crippen LogP) is 2.70. The Labute approximate surface area is 131 Å². The van der Waals surface area contributed by atoms with E-state index in [1.807, 2.05) is 27.7 Å². The first-order valence-electron chi connectivity index (χ1n) is 7.45. The summed E-state index contributed by atoms with van der Waals surface area (Å²) in [6, 6.07) is -0.555. The molecule has 0 radical (unpaired) electrons. The van der Waals surface area contributed by atoms with E-state index in [9.17, 15) is 9.90 Å². The van der Waals surface area contributed by atoms with Gasteiger partial charge in [-0.2, -0.15) is 4.98 Å². The van der Waals surface area contributed by atoms with Crippen molar-refractivity contribution in [2.75, 3.05) is 0 Å². The molecule has 7 nitrogen and oxygen atoms in total. The van der Waals surface area contributed by atoms with Crippen LogP contribution in [0.2, 0.25) is 0 Å². The van der Waals surface area contributed by atoms with Gasteiger partial charge in [0.25, 0.3) is 0 Å². The highest BCUT2D eigenvalue weighted by molar-refractivity contribution is 5.68.